The van der Waals surface area contributed by atoms with Crippen LogP contribution < -0.4 is 14.2 Å². The fourth-order valence-corrected chi connectivity index (χ4v) is 2.22. The van der Waals surface area contributed by atoms with Crippen molar-refractivity contribution >= 4 is 5.69 Å². The van der Waals surface area contributed by atoms with Crippen LogP contribution in [-0.4, -0.2) is 29.3 Å². The fourth-order valence-electron chi connectivity index (χ4n) is 2.22. The van der Waals surface area contributed by atoms with Crippen LogP contribution in [0.25, 0.3) is 11.4 Å². The van der Waals surface area contributed by atoms with E-state index in [1.54, 1.807) is 13.2 Å². The van der Waals surface area contributed by atoms with Crippen molar-refractivity contribution in [1.29, 1.82) is 0 Å². The van der Waals surface area contributed by atoms with Gasteiger partial charge in [0.05, 0.1) is 25.2 Å². The molecule has 9 heteroatoms. The second-order valence-corrected chi connectivity index (χ2v) is 5.12. The molecule has 0 spiro atoms. The summed E-state index contributed by atoms with van der Waals surface area (Å²) in [6.07, 6.45) is 0. The number of hydrogen-bond donors (Lipinski definition) is 0. The van der Waals surface area contributed by atoms with Crippen molar-refractivity contribution in [3.05, 3.63) is 58.5 Å². The van der Waals surface area contributed by atoms with Crippen LogP contribution in [0.15, 0.2) is 47.0 Å². The Kier molecular flexibility index (Phi) is 4.97. The van der Waals surface area contributed by atoms with Gasteiger partial charge in [-0.2, -0.15) is 4.98 Å². The molecule has 0 saturated carbocycles. The highest BCUT2D eigenvalue weighted by Crippen LogP contribution is 2.31. The number of benzene rings is 2. The summed E-state index contributed by atoms with van der Waals surface area (Å²) in [6.45, 7) is -0.0610. The summed E-state index contributed by atoms with van der Waals surface area (Å²) in [4.78, 5) is 14.6. The van der Waals surface area contributed by atoms with Crippen LogP contribution >= 0.6 is 0 Å². The Morgan fingerprint density at radius 1 is 1.12 bits per heavy atom. The second kappa shape index (κ2) is 7.51. The van der Waals surface area contributed by atoms with Gasteiger partial charge in [0.15, 0.2) is 18.1 Å². The molecule has 3 rings (SSSR count). The van der Waals surface area contributed by atoms with E-state index in [0.29, 0.717) is 17.3 Å². The summed E-state index contributed by atoms with van der Waals surface area (Å²) in [5.41, 5.74) is 0.621. The van der Waals surface area contributed by atoms with Gasteiger partial charge in [0, 0.05) is 11.6 Å². The Hall–Kier alpha value is -3.62. The van der Waals surface area contributed by atoms with E-state index in [-0.39, 0.29) is 23.9 Å². The molecule has 0 fully saturated rings. The minimum atomic E-state index is -0.514. The number of nitrogens with zero attached hydrogens (tertiary/aromatic N) is 3. The van der Waals surface area contributed by atoms with E-state index in [1.165, 1.54) is 25.3 Å². The molecule has 26 heavy (non-hydrogen) atoms. The Morgan fingerprint density at radius 3 is 2.69 bits per heavy atom. The lowest BCUT2D eigenvalue weighted by atomic mass is 10.2. The number of ether oxygens (including phenoxy) is 3. The van der Waals surface area contributed by atoms with Gasteiger partial charge in [-0.1, -0.05) is 17.3 Å². The maximum absolute atomic E-state index is 10.9. The summed E-state index contributed by atoms with van der Waals surface area (Å²) in [7, 11) is 3.02. The number of nitro groups is 1. The summed E-state index contributed by atoms with van der Waals surface area (Å²) in [6, 6.07) is 11.3. The molecule has 1 aromatic heterocycles. The van der Waals surface area contributed by atoms with Gasteiger partial charge >= 0.3 is 0 Å². The van der Waals surface area contributed by atoms with E-state index >= 15 is 0 Å². The lowest BCUT2D eigenvalue weighted by molar-refractivity contribution is -0.385. The van der Waals surface area contributed by atoms with E-state index < -0.39 is 4.92 Å². The smallest absolute Gasteiger partial charge is 0.273 e. The standard InChI is InChI=1S/C17H15N3O6/c1-23-13-5-3-4-11(8-13)17-18-16(26-19-17)10-25-15-9-12(20(21)22)6-7-14(15)24-2/h3-9H,10H2,1-2H3. The van der Waals surface area contributed by atoms with Crippen molar-refractivity contribution < 1.29 is 23.7 Å². The molecule has 0 aliphatic heterocycles. The first-order valence-corrected chi connectivity index (χ1v) is 7.53. The van der Waals surface area contributed by atoms with Gasteiger partial charge in [0.1, 0.15) is 5.75 Å². The molecule has 2 aromatic carbocycles. The largest absolute Gasteiger partial charge is 0.497 e. The highest BCUT2D eigenvalue weighted by Gasteiger charge is 2.15. The summed E-state index contributed by atoms with van der Waals surface area (Å²) < 4.78 is 21.0. The van der Waals surface area contributed by atoms with Crippen molar-refractivity contribution in [2.24, 2.45) is 0 Å². The Morgan fingerprint density at radius 2 is 1.96 bits per heavy atom. The molecule has 9 nitrogen and oxygen atoms in total. The van der Waals surface area contributed by atoms with Crippen LogP contribution in [0.3, 0.4) is 0 Å². The van der Waals surface area contributed by atoms with Crippen LogP contribution in [0.5, 0.6) is 17.2 Å². The number of nitro benzene ring substituents is 1. The van der Waals surface area contributed by atoms with E-state index in [0.717, 1.165) is 5.56 Å². The van der Waals surface area contributed by atoms with Gasteiger partial charge in [-0.3, -0.25) is 10.1 Å². The molecule has 0 aliphatic rings. The van der Waals surface area contributed by atoms with Crippen molar-refractivity contribution in [1.82, 2.24) is 10.1 Å². The zero-order chi connectivity index (χ0) is 18.5. The minimum absolute atomic E-state index is 0.0610. The molecule has 3 aromatic rings. The molecule has 1 heterocycles. The number of methoxy groups -OCH3 is 2. The molecular formula is C17H15N3O6. The molecule has 0 saturated heterocycles. The number of rotatable bonds is 7. The highest BCUT2D eigenvalue weighted by molar-refractivity contribution is 5.56. The Labute approximate surface area is 148 Å². The van der Waals surface area contributed by atoms with Gasteiger partial charge in [-0.15, -0.1) is 0 Å². The molecule has 0 radical (unpaired) electrons. The number of non-ortho nitro benzene ring substituents is 1. The Bertz CT molecular complexity index is 924. The van der Waals surface area contributed by atoms with E-state index in [2.05, 4.69) is 10.1 Å². The van der Waals surface area contributed by atoms with Crippen LogP contribution in [0.2, 0.25) is 0 Å². The number of hydrogen-bond acceptors (Lipinski definition) is 8. The molecule has 0 aliphatic carbocycles. The van der Waals surface area contributed by atoms with Crippen molar-refractivity contribution in [3.8, 4) is 28.6 Å². The zero-order valence-corrected chi connectivity index (χ0v) is 14.0. The second-order valence-electron chi connectivity index (χ2n) is 5.12. The number of aromatic nitrogens is 2. The first-order valence-electron chi connectivity index (χ1n) is 7.53. The molecule has 0 amide bonds. The molecule has 134 valence electrons. The third kappa shape index (κ3) is 3.72. The van der Waals surface area contributed by atoms with E-state index in [1.807, 2.05) is 18.2 Å². The fraction of sp³-hybridized carbons (Fsp3) is 0.176. The maximum atomic E-state index is 10.9. The lowest BCUT2D eigenvalue weighted by Gasteiger charge is -2.08. The van der Waals surface area contributed by atoms with Gasteiger partial charge in [0.25, 0.3) is 11.6 Å². The van der Waals surface area contributed by atoms with Crippen LogP contribution in [-0.2, 0) is 6.61 Å². The maximum Gasteiger partial charge on any atom is 0.273 e. The van der Waals surface area contributed by atoms with Gasteiger partial charge in [-0.25, -0.2) is 0 Å². The van der Waals surface area contributed by atoms with Crippen molar-refractivity contribution in [3.63, 3.8) is 0 Å². The van der Waals surface area contributed by atoms with Crippen LogP contribution in [0.1, 0.15) is 5.89 Å². The van der Waals surface area contributed by atoms with E-state index in [9.17, 15) is 10.1 Å². The average Bonchev–Trinajstić information content (AvgIpc) is 3.15. The first kappa shape index (κ1) is 17.2. The van der Waals surface area contributed by atoms with Gasteiger partial charge in [-0.05, 0) is 18.2 Å². The average molecular weight is 357 g/mol. The monoisotopic (exact) mass is 357 g/mol. The summed E-state index contributed by atoms with van der Waals surface area (Å²) >= 11 is 0. The molecule has 0 atom stereocenters. The van der Waals surface area contributed by atoms with Gasteiger partial charge in [0.2, 0.25) is 5.82 Å². The predicted molar refractivity (Wildman–Crippen MR) is 90.3 cm³/mol. The van der Waals surface area contributed by atoms with Gasteiger partial charge < -0.3 is 18.7 Å². The lowest BCUT2D eigenvalue weighted by Crippen LogP contribution is -1.99. The summed E-state index contributed by atoms with van der Waals surface area (Å²) in [5, 5.41) is 14.8. The molecule has 0 N–H and O–H groups in total. The quantitative estimate of drug-likeness (QED) is 0.468. The molecular weight excluding hydrogens is 342 g/mol. The van der Waals surface area contributed by atoms with Crippen LogP contribution in [0.4, 0.5) is 5.69 Å². The highest BCUT2D eigenvalue weighted by atomic mass is 16.6. The molecule has 0 bridgehead atoms. The normalized spacial score (nSPS) is 10.4. The zero-order valence-electron chi connectivity index (χ0n) is 14.0. The SMILES string of the molecule is COc1cccc(-c2noc(COc3cc([N+](=O)[O-])ccc3OC)n2)c1. The summed E-state index contributed by atoms with van der Waals surface area (Å²) in [5.74, 6) is 1.85. The Balaban J connectivity index is 1.76. The van der Waals surface area contributed by atoms with E-state index in [4.69, 9.17) is 18.7 Å². The molecule has 0 unspecified atom stereocenters. The third-order valence-corrected chi connectivity index (χ3v) is 3.51. The minimum Gasteiger partial charge on any atom is -0.497 e. The topological polar surface area (TPSA) is 110 Å². The van der Waals surface area contributed by atoms with Crippen LogP contribution in [0, 0.1) is 10.1 Å². The van der Waals surface area contributed by atoms with Crippen molar-refractivity contribution in [2.75, 3.05) is 14.2 Å². The third-order valence-electron chi connectivity index (χ3n) is 3.51. The predicted octanol–water partition coefficient (Wildman–Crippen LogP) is 3.24. The first-order chi connectivity index (χ1) is 12.6. The van der Waals surface area contributed by atoms with Crippen molar-refractivity contribution in [2.45, 2.75) is 6.61 Å².